The molecule has 1 unspecified atom stereocenters. The number of hydrogen-bond donors (Lipinski definition) is 1. The van der Waals surface area contributed by atoms with E-state index in [9.17, 15) is 0 Å². The summed E-state index contributed by atoms with van der Waals surface area (Å²) in [5, 5.41) is 8.80. The van der Waals surface area contributed by atoms with Gasteiger partial charge in [0.2, 0.25) is 0 Å². The molecule has 0 heterocycles. The van der Waals surface area contributed by atoms with Gasteiger partial charge < -0.3 is 10.6 Å². The molecule has 2 N–H and O–H groups in total. The quantitative estimate of drug-likeness (QED) is 0.736. The summed E-state index contributed by atoms with van der Waals surface area (Å²) >= 11 is 0. The molecular formula is C11H21N3. The molecule has 0 aliphatic heterocycles. The Morgan fingerprint density at radius 1 is 1.50 bits per heavy atom. The van der Waals surface area contributed by atoms with E-state index in [0.717, 1.165) is 12.5 Å². The lowest BCUT2D eigenvalue weighted by atomic mass is 10.0. The summed E-state index contributed by atoms with van der Waals surface area (Å²) in [6, 6.07) is 2.13. The van der Waals surface area contributed by atoms with E-state index in [-0.39, 0.29) is 0 Å². The topological polar surface area (TPSA) is 53.0 Å². The summed E-state index contributed by atoms with van der Waals surface area (Å²) in [5.41, 5.74) is 5.09. The number of likely N-dealkylation sites (N-methyl/N-ethyl adjacent to an activating group) is 1. The standard InChI is InChI=1S/C11H21N3/c1-11(13,8-12)9-14(2)7-10-5-3-4-6-10/h10H,3-7,9,13H2,1-2H3. The lowest BCUT2D eigenvalue weighted by Crippen LogP contribution is -2.46. The summed E-state index contributed by atoms with van der Waals surface area (Å²) < 4.78 is 0. The predicted molar refractivity (Wildman–Crippen MR) is 57.7 cm³/mol. The Kier molecular flexibility index (Phi) is 3.91. The smallest absolute Gasteiger partial charge is 0.114 e. The van der Waals surface area contributed by atoms with E-state index in [1.54, 1.807) is 6.92 Å². The van der Waals surface area contributed by atoms with Gasteiger partial charge in [0.15, 0.2) is 0 Å². The van der Waals surface area contributed by atoms with Crippen molar-refractivity contribution in [2.75, 3.05) is 20.1 Å². The summed E-state index contributed by atoms with van der Waals surface area (Å²) in [6.45, 7) is 3.55. The Morgan fingerprint density at radius 2 is 2.07 bits per heavy atom. The van der Waals surface area contributed by atoms with E-state index in [4.69, 9.17) is 11.0 Å². The molecule has 1 aliphatic rings. The first kappa shape index (κ1) is 11.5. The Labute approximate surface area is 86.9 Å². The second-order valence-electron chi connectivity index (χ2n) is 4.88. The molecule has 0 aromatic heterocycles. The fourth-order valence-electron chi connectivity index (χ4n) is 2.29. The molecule has 0 saturated heterocycles. The first-order chi connectivity index (χ1) is 6.53. The van der Waals surface area contributed by atoms with Crippen LogP contribution in [0.4, 0.5) is 0 Å². The van der Waals surface area contributed by atoms with Gasteiger partial charge in [-0.3, -0.25) is 0 Å². The van der Waals surface area contributed by atoms with Crippen molar-refractivity contribution in [1.29, 1.82) is 5.26 Å². The Hall–Kier alpha value is -0.590. The maximum atomic E-state index is 8.80. The Morgan fingerprint density at radius 3 is 2.57 bits per heavy atom. The van der Waals surface area contributed by atoms with Crippen molar-refractivity contribution >= 4 is 0 Å². The van der Waals surface area contributed by atoms with Crippen LogP contribution in [0.25, 0.3) is 0 Å². The van der Waals surface area contributed by atoms with Crippen molar-refractivity contribution in [2.24, 2.45) is 11.7 Å². The van der Waals surface area contributed by atoms with Gasteiger partial charge in [0.25, 0.3) is 0 Å². The Bertz CT molecular complexity index is 211. The van der Waals surface area contributed by atoms with Gasteiger partial charge in [0, 0.05) is 13.1 Å². The number of nitrogens with zero attached hydrogens (tertiary/aromatic N) is 2. The zero-order valence-corrected chi connectivity index (χ0v) is 9.29. The van der Waals surface area contributed by atoms with Gasteiger partial charge in [0.1, 0.15) is 5.54 Å². The molecule has 0 bridgehead atoms. The zero-order valence-electron chi connectivity index (χ0n) is 9.29. The number of rotatable bonds is 4. The van der Waals surface area contributed by atoms with Crippen LogP contribution < -0.4 is 5.73 Å². The molecule has 80 valence electrons. The van der Waals surface area contributed by atoms with E-state index < -0.39 is 5.54 Å². The molecule has 1 fully saturated rings. The second kappa shape index (κ2) is 4.77. The third-order valence-electron chi connectivity index (χ3n) is 2.90. The summed E-state index contributed by atoms with van der Waals surface area (Å²) in [7, 11) is 2.06. The van der Waals surface area contributed by atoms with Crippen LogP contribution in [-0.2, 0) is 0 Å². The maximum Gasteiger partial charge on any atom is 0.114 e. The lowest BCUT2D eigenvalue weighted by Gasteiger charge is -2.26. The summed E-state index contributed by atoms with van der Waals surface area (Å²) in [4.78, 5) is 2.19. The first-order valence-corrected chi connectivity index (χ1v) is 5.42. The van der Waals surface area contributed by atoms with Crippen molar-refractivity contribution in [2.45, 2.75) is 38.1 Å². The van der Waals surface area contributed by atoms with E-state index in [1.165, 1.54) is 25.7 Å². The third-order valence-corrected chi connectivity index (χ3v) is 2.90. The molecule has 1 rings (SSSR count). The molecule has 0 aromatic carbocycles. The molecule has 0 spiro atoms. The number of nitriles is 1. The van der Waals surface area contributed by atoms with E-state index in [0.29, 0.717) is 6.54 Å². The fourth-order valence-corrected chi connectivity index (χ4v) is 2.29. The highest BCUT2D eigenvalue weighted by atomic mass is 15.1. The van der Waals surface area contributed by atoms with Crippen molar-refractivity contribution in [3.63, 3.8) is 0 Å². The molecule has 1 atom stereocenters. The summed E-state index contributed by atoms with van der Waals surface area (Å²) in [5.74, 6) is 0.828. The minimum atomic E-state index is -0.701. The van der Waals surface area contributed by atoms with E-state index in [2.05, 4.69) is 18.0 Å². The van der Waals surface area contributed by atoms with Gasteiger partial charge in [0.05, 0.1) is 6.07 Å². The minimum absolute atomic E-state index is 0.667. The van der Waals surface area contributed by atoms with Crippen molar-refractivity contribution in [3.05, 3.63) is 0 Å². The monoisotopic (exact) mass is 195 g/mol. The molecule has 3 nitrogen and oxygen atoms in total. The molecule has 1 saturated carbocycles. The van der Waals surface area contributed by atoms with Gasteiger partial charge in [-0.2, -0.15) is 5.26 Å². The molecule has 0 amide bonds. The molecule has 0 aromatic rings. The largest absolute Gasteiger partial charge is 0.313 e. The molecule has 0 radical (unpaired) electrons. The normalized spacial score (nSPS) is 22.2. The highest BCUT2D eigenvalue weighted by Crippen LogP contribution is 2.25. The molecular weight excluding hydrogens is 174 g/mol. The van der Waals surface area contributed by atoms with E-state index in [1.807, 2.05) is 0 Å². The van der Waals surface area contributed by atoms with Crippen LogP contribution in [0.3, 0.4) is 0 Å². The van der Waals surface area contributed by atoms with Crippen LogP contribution in [0.1, 0.15) is 32.6 Å². The number of hydrogen-bond acceptors (Lipinski definition) is 3. The van der Waals surface area contributed by atoms with Crippen LogP contribution in [0, 0.1) is 17.2 Å². The van der Waals surface area contributed by atoms with Gasteiger partial charge in [-0.25, -0.2) is 0 Å². The maximum absolute atomic E-state index is 8.80. The number of nitrogens with two attached hydrogens (primary N) is 1. The average molecular weight is 195 g/mol. The van der Waals surface area contributed by atoms with Gasteiger partial charge in [-0.1, -0.05) is 12.8 Å². The molecule has 1 aliphatic carbocycles. The van der Waals surface area contributed by atoms with Crippen LogP contribution in [0.2, 0.25) is 0 Å². The van der Waals surface area contributed by atoms with Crippen molar-refractivity contribution < 1.29 is 0 Å². The van der Waals surface area contributed by atoms with E-state index >= 15 is 0 Å². The highest BCUT2D eigenvalue weighted by Gasteiger charge is 2.22. The second-order valence-corrected chi connectivity index (χ2v) is 4.88. The first-order valence-electron chi connectivity index (χ1n) is 5.42. The van der Waals surface area contributed by atoms with Crippen molar-refractivity contribution in [1.82, 2.24) is 4.90 Å². The van der Waals surface area contributed by atoms with Crippen LogP contribution in [-0.4, -0.2) is 30.6 Å². The van der Waals surface area contributed by atoms with Crippen LogP contribution in [0.5, 0.6) is 0 Å². The Balaban J connectivity index is 2.28. The van der Waals surface area contributed by atoms with Gasteiger partial charge >= 0.3 is 0 Å². The predicted octanol–water partition coefficient (Wildman–Crippen LogP) is 1.35. The average Bonchev–Trinajstić information content (AvgIpc) is 2.55. The fraction of sp³-hybridized carbons (Fsp3) is 0.909. The lowest BCUT2D eigenvalue weighted by molar-refractivity contribution is 0.248. The SMILES string of the molecule is CN(CC1CCCC1)CC(C)(N)C#N. The van der Waals surface area contributed by atoms with Crippen LogP contribution in [0.15, 0.2) is 0 Å². The summed E-state index contributed by atoms with van der Waals surface area (Å²) in [6.07, 6.45) is 5.43. The third kappa shape index (κ3) is 3.65. The van der Waals surface area contributed by atoms with Crippen LogP contribution >= 0.6 is 0 Å². The molecule has 3 heteroatoms. The minimum Gasteiger partial charge on any atom is -0.313 e. The highest BCUT2D eigenvalue weighted by molar-refractivity contribution is 5.02. The van der Waals surface area contributed by atoms with Gasteiger partial charge in [-0.15, -0.1) is 0 Å². The van der Waals surface area contributed by atoms with Gasteiger partial charge in [-0.05, 0) is 32.7 Å². The zero-order chi connectivity index (χ0) is 10.6. The van der Waals surface area contributed by atoms with Crippen molar-refractivity contribution in [3.8, 4) is 6.07 Å². The molecule has 14 heavy (non-hydrogen) atoms.